The number of nitrogens with zero attached hydrogens (tertiary/aromatic N) is 2. The molecular weight excluding hydrogens is 302 g/mol. The molecule has 0 aliphatic heterocycles. The molecule has 5 heteroatoms. The Kier molecular flexibility index (Phi) is 4.42. The van der Waals surface area contributed by atoms with Crippen LogP contribution < -0.4 is 5.32 Å². The number of carbonyl (C=O) groups excluding carboxylic acids is 1. The Hall–Kier alpha value is -2.95. The van der Waals surface area contributed by atoms with Crippen LogP contribution in [0.2, 0.25) is 0 Å². The van der Waals surface area contributed by atoms with Gasteiger partial charge in [0.05, 0.1) is 0 Å². The number of nitrogens with one attached hydrogen (secondary N) is 1. The van der Waals surface area contributed by atoms with Gasteiger partial charge < -0.3 is 9.84 Å². The first-order valence-corrected chi connectivity index (χ1v) is 7.88. The van der Waals surface area contributed by atoms with Crippen molar-refractivity contribution in [3.05, 3.63) is 65.0 Å². The molecule has 0 aliphatic carbocycles. The lowest BCUT2D eigenvalue weighted by Gasteiger charge is -2.08. The average molecular weight is 321 g/mol. The zero-order valence-corrected chi connectivity index (χ0v) is 14.0. The SMILES string of the molecule is CCc1nc(-c2ccc(C(=O)Nc3ccc(C)c(C)c3)cc2)no1. The third kappa shape index (κ3) is 3.35. The van der Waals surface area contributed by atoms with Gasteiger partial charge in [-0.1, -0.05) is 30.3 Å². The van der Waals surface area contributed by atoms with Gasteiger partial charge in [0.2, 0.25) is 11.7 Å². The Morgan fingerprint density at radius 2 is 1.83 bits per heavy atom. The highest BCUT2D eigenvalue weighted by Crippen LogP contribution is 2.18. The number of hydrogen-bond donors (Lipinski definition) is 1. The minimum atomic E-state index is -0.146. The first-order valence-electron chi connectivity index (χ1n) is 7.88. The molecule has 0 fully saturated rings. The van der Waals surface area contributed by atoms with Crippen LogP contribution in [0, 0.1) is 13.8 Å². The van der Waals surface area contributed by atoms with Crippen LogP contribution in [0.3, 0.4) is 0 Å². The van der Waals surface area contributed by atoms with Crippen molar-refractivity contribution in [1.29, 1.82) is 0 Å². The minimum Gasteiger partial charge on any atom is -0.339 e. The predicted molar refractivity (Wildman–Crippen MR) is 93.0 cm³/mol. The first-order chi connectivity index (χ1) is 11.6. The second-order valence-corrected chi connectivity index (χ2v) is 5.70. The van der Waals surface area contributed by atoms with Crippen molar-refractivity contribution in [2.75, 3.05) is 5.32 Å². The number of benzene rings is 2. The molecule has 24 heavy (non-hydrogen) atoms. The van der Waals surface area contributed by atoms with Gasteiger partial charge in [-0.25, -0.2) is 0 Å². The Balaban J connectivity index is 1.74. The molecule has 2 aromatic carbocycles. The first kappa shape index (κ1) is 15.9. The van der Waals surface area contributed by atoms with Gasteiger partial charge in [0.25, 0.3) is 5.91 Å². The minimum absolute atomic E-state index is 0.146. The van der Waals surface area contributed by atoms with Crippen molar-refractivity contribution in [2.45, 2.75) is 27.2 Å². The van der Waals surface area contributed by atoms with Crippen LogP contribution in [-0.2, 0) is 6.42 Å². The Bertz CT molecular complexity index is 867. The summed E-state index contributed by atoms with van der Waals surface area (Å²) in [5.41, 5.74) is 4.53. The molecule has 1 N–H and O–H groups in total. The summed E-state index contributed by atoms with van der Waals surface area (Å²) in [6, 6.07) is 13.0. The van der Waals surface area contributed by atoms with Gasteiger partial charge in [-0.05, 0) is 49.2 Å². The van der Waals surface area contributed by atoms with E-state index in [1.54, 1.807) is 12.1 Å². The van der Waals surface area contributed by atoms with Crippen molar-refractivity contribution in [3.8, 4) is 11.4 Å². The quantitative estimate of drug-likeness (QED) is 0.783. The molecule has 0 saturated carbocycles. The standard InChI is InChI=1S/C19H19N3O2/c1-4-17-21-18(22-24-17)14-6-8-15(9-7-14)19(23)20-16-10-5-12(2)13(3)11-16/h5-11H,4H2,1-3H3,(H,20,23). The summed E-state index contributed by atoms with van der Waals surface area (Å²) in [5, 5.41) is 6.84. The zero-order valence-electron chi connectivity index (χ0n) is 14.0. The summed E-state index contributed by atoms with van der Waals surface area (Å²) in [5.74, 6) is 0.988. The third-order valence-corrected chi connectivity index (χ3v) is 3.94. The normalized spacial score (nSPS) is 10.6. The topological polar surface area (TPSA) is 68.0 Å². The fourth-order valence-electron chi connectivity index (χ4n) is 2.31. The van der Waals surface area contributed by atoms with E-state index in [1.807, 2.05) is 51.1 Å². The monoisotopic (exact) mass is 321 g/mol. The van der Waals surface area contributed by atoms with Gasteiger partial charge in [-0.3, -0.25) is 4.79 Å². The number of aromatic nitrogens is 2. The zero-order chi connectivity index (χ0) is 17.1. The van der Waals surface area contributed by atoms with E-state index in [-0.39, 0.29) is 5.91 Å². The van der Waals surface area contributed by atoms with Gasteiger partial charge in [0.15, 0.2) is 0 Å². The highest BCUT2D eigenvalue weighted by molar-refractivity contribution is 6.04. The van der Waals surface area contributed by atoms with Crippen LogP contribution in [-0.4, -0.2) is 16.0 Å². The fraction of sp³-hybridized carbons (Fsp3) is 0.211. The van der Waals surface area contributed by atoms with E-state index in [4.69, 9.17) is 4.52 Å². The van der Waals surface area contributed by atoms with Crippen molar-refractivity contribution in [1.82, 2.24) is 10.1 Å². The van der Waals surface area contributed by atoms with E-state index in [9.17, 15) is 4.79 Å². The smallest absolute Gasteiger partial charge is 0.255 e. The molecule has 1 heterocycles. The maximum Gasteiger partial charge on any atom is 0.255 e. The van der Waals surface area contributed by atoms with E-state index >= 15 is 0 Å². The maximum atomic E-state index is 12.3. The van der Waals surface area contributed by atoms with Crippen molar-refractivity contribution in [3.63, 3.8) is 0 Å². The molecule has 0 saturated heterocycles. The second-order valence-electron chi connectivity index (χ2n) is 5.70. The number of aryl methyl sites for hydroxylation is 3. The second kappa shape index (κ2) is 6.66. The van der Waals surface area contributed by atoms with Crippen molar-refractivity contribution >= 4 is 11.6 Å². The van der Waals surface area contributed by atoms with Crippen LogP contribution >= 0.6 is 0 Å². The number of anilines is 1. The van der Waals surface area contributed by atoms with E-state index in [1.165, 1.54) is 5.56 Å². The van der Waals surface area contributed by atoms with Crippen LogP contribution in [0.25, 0.3) is 11.4 Å². The van der Waals surface area contributed by atoms with E-state index < -0.39 is 0 Å². The molecule has 0 aliphatic rings. The lowest BCUT2D eigenvalue weighted by Crippen LogP contribution is -2.11. The predicted octanol–water partition coefficient (Wildman–Crippen LogP) is 4.17. The molecule has 5 nitrogen and oxygen atoms in total. The summed E-state index contributed by atoms with van der Waals surface area (Å²) in [4.78, 5) is 16.6. The molecule has 0 spiro atoms. The van der Waals surface area contributed by atoms with Crippen LogP contribution in [0.5, 0.6) is 0 Å². The Labute approximate surface area is 140 Å². The van der Waals surface area contributed by atoms with Gasteiger partial charge in [0.1, 0.15) is 0 Å². The molecule has 3 aromatic rings. The molecule has 1 aromatic heterocycles. The summed E-state index contributed by atoms with van der Waals surface area (Å²) in [6.45, 7) is 6.02. The summed E-state index contributed by atoms with van der Waals surface area (Å²) < 4.78 is 5.11. The fourth-order valence-corrected chi connectivity index (χ4v) is 2.31. The van der Waals surface area contributed by atoms with E-state index in [0.717, 1.165) is 16.8 Å². The maximum absolute atomic E-state index is 12.3. The molecule has 122 valence electrons. The van der Waals surface area contributed by atoms with Gasteiger partial charge in [-0.15, -0.1) is 0 Å². The molecular formula is C19H19N3O2. The lowest BCUT2D eigenvalue weighted by molar-refractivity contribution is 0.102. The molecule has 0 bridgehead atoms. The highest BCUT2D eigenvalue weighted by Gasteiger charge is 2.10. The largest absolute Gasteiger partial charge is 0.339 e. The third-order valence-electron chi connectivity index (χ3n) is 3.94. The van der Waals surface area contributed by atoms with Gasteiger partial charge >= 0.3 is 0 Å². The van der Waals surface area contributed by atoms with Crippen LogP contribution in [0.1, 0.15) is 34.3 Å². The van der Waals surface area contributed by atoms with E-state index in [2.05, 4.69) is 15.5 Å². The van der Waals surface area contributed by atoms with Crippen LogP contribution in [0.4, 0.5) is 5.69 Å². The Morgan fingerprint density at radius 1 is 1.08 bits per heavy atom. The molecule has 0 unspecified atom stereocenters. The highest BCUT2D eigenvalue weighted by atomic mass is 16.5. The van der Waals surface area contributed by atoms with Crippen LogP contribution in [0.15, 0.2) is 47.0 Å². The summed E-state index contributed by atoms with van der Waals surface area (Å²) in [6.07, 6.45) is 0.698. The van der Waals surface area contributed by atoms with Crippen molar-refractivity contribution in [2.24, 2.45) is 0 Å². The number of rotatable bonds is 4. The summed E-state index contributed by atoms with van der Waals surface area (Å²) in [7, 11) is 0. The van der Waals surface area contributed by atoms with E-state index in [0.29, 0.717) is 23.7 Å². The molecule has 0 atom stereocenters. The lowest BCUT2D eigenvalue weighted by atomic mass is 10.1. The summed E-state index contributed by atoms with van der Waals surface area (Å²) >= 11 is 0. The van der Waals surface area contributed by atoms with Gasteiger partial charge in [0, 0.05) is 23.2 Å². The molecule has 0 radical (unpaired) electrons. The average Bonchev–Trinajstić information content (AvgIpc) is 3.07. The number of hydrogen-bond acceptors (Lipinski definition) is 4. The number of amides is 1. The Morgan fingerprint density at radius 3 is 2.46 bits per heavy atom. The van der Waals surface area contributed by atoms with Gasteiger partial charge in [-0.2, -0.15) is 4.98 Å². The number of carbonyl (C=O) groups is 1. The van der Waals surface area contributed by atoms with Crippen molar-refractivity contribution < 1.29 is 9.32 Å². The molecule has 1 amide bonds. The molecule has 3 rings (SSSR count).